The molecule has 24 heavy (non-hydrogen) atoms. The number of rotatable bonds is 4. The maximum Gasteiger partial charge on any atom is 0.271 e. The molecule has 3 heterocycles. The zero-order valence-corrected chi connectivity index (χ0v) is 14.4. The molecule has 1 aromatic carbocycles. The minimum atomic E-state index is -0.0115. The van der Waals surface area contributed by atoms with Crippen molar-refractivity contribution in [3.05, 3.63) is 64.1 Å². The second-order valence-electron chi connectivity index (χ2n) is 5.19. The minimum absolute atomic E-state index is 0.0115. The van der Waals surface area contributed by atoms with E-state index < -0.39 is 0 Å². The zero-order valence-electron chi connectivity index (χ0n) is 12.8. The lowest BCUT2D eigenvalue weighted by atomic mass is 10.2. The minimum Gasteiger partial charge on any atom is -0.444 e. The van der Waals surface area contributed by atoms with Crippen molar-refractivity contribution in [3.63, 3.8) is 0 Å². The number of oxazole rings is 1. The van der Waals surface area contributed by atoms with E-state index in [2.05, 4.69) is 9.97 Å². The molecule has 0 N–H and O–H groups in total. The molecule has 0 unspecified atom stereocenters. The van der Waals surface area contributed by atoms with Crippen LogP contribution in [0, 0.1) is 0 Å². The summed E-state index contributed by atoms with van der Waals surface area (Å²) in [7, 11) is 1.75. The molecule has 0 aliphatic carbocycles. The first kappa shape index (κ1) is 15.2. The van der Waals surface area contributed by atoms with Gasteiger partial charge < -0.3 is 4.42 Å². The first-order valence-electron chi connectivity index (χ1n) is 7.29. The Morgan fingerprint density at radius 2 is 2.04 bits per heavy atom. The van der Waals surface area contributed by atoms with Gasteiger partial charge >= 0.3 is 0 Å². The molecule has 7 heteroatoms. The molecule has 0 aliphatic rings. The van der Waals surface area contributed by atoms with Gasteiger partial charge in [0.15, 0.2) is 5.16 Å². The fourth-order valence-electron chi connectivity index (χ4n) is 2.32. The highest BCUT2D eigenvalue weighted by Crippen LogP contribution is 2.25. The predicted molar refractivity (Wildman–Crippen MR) is 96.4 cm³/mol. The lowest BCUT2D eigenvalue weighted by molar-refractivity contribution is 0.573. The Bertz CT molecular complexity index is 1050. The monoisotopic (exact) mass is 355 g/mol. The third-order valence-electron chi connectivity index (χ3n) is 3.57. The van der Waals surface area contributed by atoms with E-state index in [-0.39, 0.29) is 5.56 Å². The largest absolute Gasteiger partial charge is 0.444 e. The molecular formula is C17H13N3O2S2. The van der Waals surface area contributed by atoms with E-state index in [0.717, 1.165) is 16.8 Å². The maximum atomic E-state index is 12.3. The van der Waals surface area contributed by atoms with E-state index in [4.69, 9.17) is 4.42 Å². The Hall–Kier alpha value is -2.38. The SMILES string of the molecule is Cn1c(SCc2coc(-c3ccccc3)n2)nc2ccsc2c1=O. The molecule has 120 valence electrons. The summed E-state index contributed by atoms with van der Waals surface area (Å²) in [5.41, 5.74) is 2.50. The first-order valence-corrected chi connectivity index (χ1v) is 9.16. The van der Waals surface area contributed by atoms with Gasteiger partial charge in [-0.1, -0.05) is 30.0 Å². The van der Waals surface area contributed by atoms with Crippen LogP contribution >= 0.6 is 23.1 Å². The van der Waals surface area contributed by atoms with Crippen LogP contribution < -0.4 is 5.56 Å². The number of thiophene rings is 1. The van der Waals surface area contributed by atoms with Crippen molar-refractivity contribution in [2.24, 2.45) is 7.05 Å². The molecule has 0 bridgehead atoms. The molecule has 0 spiro atoms. The lowest BCUT2D eigenvalue weighted by Gasteiger charge is -2.05. The van der Waals surface area contributed by atoms with Crippen molar-refractivity contribution >= 4 is 33.3 Å². The van der Waals surface area contributed by atoms with Crippen molar-refractivity contribution in [2.75, 3.05) is 0 Å². The molecule has 0 saturated carbocycles. The quantitative estimate of drug-likeness (QED) is 0.410. The standard InChI is InChI=1S/C17H13N3O2S2/c1-20-16(21)14-13(7-8-23-14)19-17(20)24-10-12-9-22-15(18-12)11-5-3-2-4-6-11/h2-9H,10H2,1H3. The average molecular weight is 355 g/mol. The number of fused-ring (bicyclic) bond motifs is 1. The third kappa shape index (κ3) is 2.76. The molecule has 0 atom stereocenters. The lowest BCUT2D eigenvalue weighted by Crippen LogP contribution is -2.18. The Morgan fingerprint density at radius 1 is 1.21 bits per heavy atom. The van der Waals surface area contributed by atoms with E-state index in [0.29, 0.717) is 21.5 Å². The van der Waals surface area contributed by atoms with Crippen LogP contribution in [0.5, 0.6) is 0 Å². The van der Waals surface area contributed by atoms with Gasteiger partial charge in [0.2, 0.25) is 5.89 Å². The topological polar surface area (TPSA) is 60.9 Å². The maximum absolute atomic E-state index is 12.3. The van der Waals surface area contributed by atoms with Crippen molar-refractivity contribution in [3.8, 4) is 11.5 Å². The van der Waals surface area contributed by atoms with E-state index >= 15 is 0 Å². The zero-order chi connectivity index (χ0) is 16.5. The van der Waals surface area contributed by atoms with Crippen LogP contribution in [-0.4, -0.2) is 14.5 Å². The van der Waals surface area contributed by atoms with Gasteiger partial charge in [0.25, 0.3) is 5.56 Å². The highest BCUT2D eigenvalue weighted by atomic mass is 32.2. The van der Waals surface area contributed by atoms with Gasteiger partial charge in [-0.3, -0.25) is 9.36 Å². The predicted octanol–water partition coefficient (Wildman–Crippen LogP) is 3.94. The number of hydrogen-bond donors (Lipinski definition) is 0. The summed E-state index contributed by atoms with van der Waals surface area (Å²) in [5.74, 6) is 1.19. The second kappa shape index (κ2) is 6.26. The highest BCUT2D eigenvalue weighted by Gasteiger charge is 2.12. The molecule has 0 radical (unpaired) electrons. The van der Waals surface area contributed by atoms with E-state index in [1.165, 1.54) is 23.1 Å². The van der Waals surface area contributed by atoms with Crippen LogP contribution in [0.15, 0.2) is 62.4 Å². The van der Waals surface area contributed by atoms with Crippen molar-refractivity contribution in [1.29, 1.82) is 0 Å². The van der Waals surface area contributed by atoms with Gasteiger partial charge in [0.05, 0.1) is 11.2 Å². The Balaban J connectivity index is 1.56. The molecule has 4 aromatic rings. The van der Waals surface area contributed by atoms with Gasteiger partial charge in [-0.2, -0.15) is 0 Å². The highest BCUT2D eigenvalue weighted by molar-refractivity contribution is 7.98. The van der Waals surface area contributed by atoms with Gasteiger partial charge in [-0.25, -0.2) is 9.97 Å². The van der Waals surface area contributed by atoms with Gasteiger partial charge in [-0.05, 0) is 23.6 Å². The summed E-state index contributed by atoms with van der Waals surface area (Å²) in [6.07, 6.45) is 1.65. The van der Waals surface area contributed by atoms with Gasteiger partial charge in [0.1, 0.15) is 11.0 Å². The number of thioether (sulfide) groups is 1. The van der Waals surface area contributed by atoms with Crippen molar-refractivity contribution in [2.45, 2.75) is 10.9 Å². The van der Waals surface area contributed by atoms with Crippen LogP contribution in [0.3, 0.4) is 0 Å². The Morgan fingerprint density at radius 3 is 2.88 bits per heavy atom. The summed E-state index contributed by atoms with van der Waals surface area (Å²) < 4.78 is 7.81. The molecule has 0 amide bonds. The van der Waals surface area contributed by atoms with Crippen molar-refractivity contribution < 1.29 is 4.42 Å². The molecule has 3 aromatic heterocycles. The van der Waals surface area contributed by atoms with Crippen LogP contribution in [0.1, 0.15) is 5.69 Å². The Kier molecular flexibility index (Phi) is 3.95. The third-order valence-corrected chi connectivity index (χ3v) is 5.52. The normalized spacial score (nSPS) is 11.2. The fourth-order valence-corrected chi connectivity index (χ4v) is 3.98. The molecule has 0 fully saturated rings. The smallest absolute Gasteiger partial charge is 0.271 e. The summed E-state index contributed by atoms with van der Waals surface area (Å²) >= 11 is 2.89. The number of benzene rings is 1. The molecule has 0 saturated heterocycles. The van der Waals surface area contributed by atoms with Crippen LogP contribution in [0.25, 0.3) is 21.7 Å². The summed E-state index contributed by atoms with van der Waals surface area (Å²) in [4.78, 5) is 21.3. The average Bonchev–Trinajstić information content (AvgIpc) is 3.27. The molecule has 5 nitrogen and oxygen atoms in total. The van der Waals surface area contributed by atoms with E-state index in [1.54, 1.807) is 17.9 Å². The number of nitrogens with zero attached hydrogens (tertiary/aromatic N) is 3. The molecular weight excluding hydrogens is 342 g/mol. The molecule has 4 rings (SSSR count). The second-order valence-corrected chi connectivity index (χ2v) is 7.05. The van der Waals surface area contributed by atoms with Crippen LogP contribution in [0.4, 0.5) is 0 Å². The summed E-state index contributed by atoms with van der Waals surface area (Å²) in [5, 5.41) is 2.56. The van der Waals surface area contributed by atoms with Crippen molar-refractivity contribution in [1.82, 2.24) is 14.5 Å². The Labute approximate surface area is 146 Å². The first-order chi connectivity index (χ1) is 11.7. The van der Waals surface area contributed by atoms with E-state index in [1.807, 2.05) is 41.8 Å². The van der Waals surface area contributed by atoms with Gasteiger partial charge in [-0.15, -0.1) is 11.3 Å². The number of aromatic nitrogens is 3. The van der Waals surface area contributed by atoms with Gasteiger partial charge in [0, 0.05) is 18.4 Å². The van der Waals surface area contributed by atoms with Crippen LogP contribution in [0.2, 0.25) is 0 Å². The van der Waals surface area contributed by atoms with Crippen LogP contribution in [-0.2, 0) is 12.8 Å². The fraction of sp³-hybridized carbons (Fsp3) is 0.118. The number of hydrogen-bond acceptors (Lipinski definition) is 6. The summed E-state index contributed by atoms with van der Waals surface area (Å²) in [6.45, 7) is 0. The molecule has 0 aliphatic heterocycles. The van der Waals surface area contributed by atoms with E-state index in [9.17, 15) is 4.79 Å². The summed E-state index contributed by atoms with van der Waals surface area (Å²) in [6, 6.07) is 11.6.